The van der Waals surface area contributed by atoms with E-state index in [1.54, 1.807) is 0 Å². The second-order valence-corrected chi connectivity index (χ2v) is 3.79. The SMILES string of the molecule is CCCC[C@H](C)CCNCCC. The molecule has 0 heterocycles. The first kappa shape index (κ1) is 12.0. The van der Waals surface area contributed by atoms with E-state index in [1.165, 1.54) is 45.2 Å². The predicted molar refractivity (Wildman–Crippen MR) is 56.5 cm³/mol. The zero-order valence-electron chi connectivity index (χ0n) is 9.03. The van der Waals surface area contributed by atoms with Crippen molar-refractivity contribution < 1.29 is 0 Å². The number of unbranched alkanes of at least 4 members (excludes halogenated alkanes) is 1. The molecule has 0 radical (unpaired) electrons. The second-order valence-electron chi connectivity index (χ2n) is 3.79. The molecule has 1 N–H and O–H groups in total. The van der Waals surface area contributed by atoms with Gasteiger partial charge >= 0.3 is 0 Å². The summed E-state index contributed by atoms with van der Waals surface area (Å²) in [5, 5.41) is 3.44. The van der Waals surface area contributed by atoms with E-state index in [4.69, 9.17) is 0 Å². The van der Waals surface area contributed by atoms with Gasteiger partial charge in [0, 0.05) is 0 Å². The maximum atomic E-state index is 3.44. The smallest absolute Gasteiger partial charge is 0.00464 e. The lowest BCUT2D eigenvalue weighted by molar-refractivity contribution is 0.454. The van der Waals surface area contributed by atoms with Crippen LogP contribution in [0.5, 0.6) is 0 Å². The molecule has 0 unspecified atom stereocenters. The Hall–Kier alpha value is -0.0400. The lowest BCUT2D eigenvalue weighted by Gasteiger charge is -2.10. The largest absolute Gasteiger partial charge is 0.317 e. The van der Waals surface area contributed by atoms with Crippen LogP contribution in [-0.4, -0.2) is 13.1 Å². The van der Waals surface area contributed by atoms with Gasteiger partial charge in [-0.3, -0.25) is 0 Å². The van der Waals surface area contributed by atoms with E-state index in [0.29, 0.717) is 0 Å². The van der Waals surface area contributed by atoms with Gasteiger partial charge in [0.2, 0.25) is 0 Å². The molecule has 1 nitrogen and oxygen atoms in total. The molecule has 1 atom stereocenters. The molecule has 0 aliphatic rings. The van der Waals surface area contributed by atoms with Gasteiger partial charge < -0.3 is 5.32 Å². The summed E-state index contributed by atoms with van der Waals surface area (Å²) < 4.78 is 0. The highest BCUT2D eigenvalue weighted by Gasteiger charge is 1.99. The van der Waals surface area contributed by atoms with Gasteiger partial charge in [-0.2, -0.15) is 0 Å². The molecular weight excluding hydrogens is 146 g/mol. The van der Waals surface area contributed by atoms with E-state index < -0.39 is 0 Å². The Kier molecular flexibility index (Phi) is 9.02. The van der Waals surface area contributed by atoms with E-state index in [9.17, 15) is 0 Å². The second kappa shape index (κ2) is 9.05. The monoisotopic (exact) mass is 171 g/mol. The van der Waals surface area contributed by atoms with Gasteiger partial charge in [-0.05, 0) is 31.8 Å². The average Bonchev–Trinajstić information content (AvgIpc) is 2.09. The summed E-state index contributed by atoms with van der Waals surface area (Å²) >= 11 is 0. The number of hydrogen-bond acceptors (Lipinski definition) is 1. The normalized spacial score (nSPS) is 13.2. The highest BCUT2D eigenvalue weighted by molar-refractivity contribution is 4.55. The minimum absolute atomic E-state index is 0.911. The van der Waals surface area contributed by atoms with Crippen molar-refractivity contribution in [1.29, 1.82) is 0 Å². The van der Waals surface area contributed by atoms with Crippen LogP contribution in [-0.2, 0) is 0 Å². The van der Waals surface area contributed by atoms with Gasteiger partial charge in [-0.25, -0.2) is 0 Å². The van der Waals surface area contributed by atoms with Crippen molar-refractivity contribution in [1.82, 2.24) is 5.32 Å². The van der Waals surface area contributed by atoms with Crippen LogP contribution < -0.4 is 5.32 Å². The standard InChI is InChI=1S/C11H25N/c1-4-6-7-11(3)8-10-12-9-5-2/h11-12H,4-10H2,1-3H3/t11-/m0/s1. The predicted octanol–water partition coefficient (Wildman–Crippen LogP) is 3.20. The van der Waals surface area contributed by atoms with Crippen LogP contribution in [0, 0.1) is 5.92 Å². The van der Waals surface area contributed by atoms with E-state index in [1.807, 2.05) is 0 Å². The topological polar surface area (TPSA) is 12.0 Å². The molecule has 0 aliphatic heterocycles. The van der Waals surface area contributed by atoms with Crippen LogP contribution in [0.4, 0.5) is 0 Å². The van der Waals surface area contributed by atoms with Gasteiger partial charge in [-0.1, -0.05) is 40.0 Å². The Morgan fingerprint density at radius 2 is 1.75 bits per heavy atom. The van der Waals surface area contributed by atoms with Crippen molar-refractivity contribution in [2.24, 2.45) is 5.92 Å². The summed E-state index contributed by atoms with van der Waals surface area (Å²) in [5.41, 5.74) is 0. The van der Waals surface area contributed by atoms with Crippen LogP contribution in [0.1, 0.15) is 52.9 Å². The molecule has 0 amide bonds. The lowest BCUT2D eigenvalue weighted by Crippen LogP contribution is -2.18. The van der Waals surface area contributed by atoms with Crippen molar-refractivity contribution in [3.8, 4) is 0 Å². The van der Waals surface area contributed by atoms with Gasteiger partial charge in [0.1, 0.15) is 0 Å². The first-order valence-electron chi connectivity index (χ1n) is 5.52. The third-order valence-electron chi connectivity index (χ3n) is 2.29. The summed E-state index contributed by atoms with van der Waals surface area (Å²) in [6.07, 6.45) is 6.75. The highest BCUT2D eigenvalue weighted by atomic mass is 14.8. The molecule has 0 aromatic carbocycles. The van der Waals surface area contributed by atoms with E-state index in [2.05, 4.69) is 26.1 Å². The summed E-state index contributed by atoms with van der Waals surface area (Å²) in [6.45, 7) is 9.23. The van der Waals surface area contributed by atoms with Crippen molar-refractivity contribution in [3.63, 3.8) is 0 Å². The van der Waals surface area contributed by atoms with Crippen LogP contribution in [0.15, 0.2) is 0 Å². The molecule has 0 rings (SSSR count). The first-order chi connectivity index (χ1) is 5.81. The van der Waals surface area contributed by atoms with Crippen LogP contribution in [0.3, 0.4) is 0 Å². The summed E-state index contributed by atoms with van der Waals surface area (Å²) in [6, 6.07) is 0. The van der Waals surface area contributed by atoms with Crippen molar-refractivity contribution >= 4 is 0 Å². The molecule has 0 bridgehead atoms. The number of hydrogen-bond donors (Lipinski definition) is 1. The fourth-order valence-electron chi connectivity index (χ4n) is 1.35. The van der Waals surface area contributed by atoms with E-state index >= 15 is 0 Å². The van der Waals surface area contributed by atoms with Gasteiger partial charge in [-0.15, -0.1) is 0 Å². The zero-order valence-corrected chi connectivity index (χ0v) is 9.03. The van der Waals surface area contributed by atoms with E-state index in [-0.39, 0.29) is 0 Å². The van der Waals surface area contributed by atoms with Crippen molar-refractivity contribution in [3.05, 3.63) is 0 Å². The molecule has 0 aromatic heterocycles. The third kappa shape index (κ3) is 8.06. The molecular formula is C11H25N. The Morgan fingerprint density at radius 3 is 2.33 bits per heavy atom. The average molecular weight is 171 g/mol. The fourth-order valence-corrected chi connectivity index (χ4v) is 1.35. The number of rotatable bonds is 8. The van der Waals surface area contributed by atoms with E-state index in [0.717, 1.165) is 5.92 Å². The minimum atomic E-state index is 0.911. The summed E-state index contributed by atoms with van der Waals surface area (Å²) in [4.78, 5) is 0. The van der Waals surface area contributed by atoms with Gasteiger partial charge in [0.25, 0.3) is 0 Å². The minimum Gasteiger partial charge on any atom is -0.317 e. The Labute approximate surface area is 77.9 Å². The molecule has 0 saturated carbocycles. The number of nitrogens with one attached hydrogen (secondary N) is 1. The van der Waals surface area contributed by atoms with Gasteiger partial charge in [0.05, 0.1) is 0 Å². The maximum Gasteiger partial charge on any atom is -0.00464 e. The Balaban J connectivity index is 3.02. The fraction of sp³-hybridized carbons (Fsp3) is 1.00. The molecule has 0 saturated heterocycles. The summed E-state index contributed by atoms with van der Waals surface area (Å²) in [5.74, 6) is 0.911. The lowest BCUT2D eigenvalue weighted by atomic mass is 10.0. The molecule has 0 spiro atoms. The van der Waals surface area contributed by atoms with Gasteiger partial charge in [0.15, 0.2) is 0 Å². The van der Waals surface area contributed by atoms with Crippen molar-refractivity contribution in [2.75, 3.05) is 13.1 Å². The molecule has 0 fully saturated rings. The molecule has 0 aromatic rings. The van der Waals surface area contributed by atoms with Crippen molar-refractivity contribution in [2.45, 2.75) is 52.9 Å². The Bertz CT molecular complexity index is 81.1. The molecule has 1 heteroatoms. The summed E-state index contributed by atoms with van der Waals surface area (Å²) in [7, 11) is 0. The zero-order chi connectivity index (χ0) is 9.23. The van der Waals surface area contributed by atoms with Crippen LogP contribution in [0.25, 0.3) is 0 Å². The quantitative estimate of drug-likeness (QED) is 0.553. The first-order valence-corrected chi connectivity index (χ1v) is 5.52. The third-order valence-corrected chi connectivity index (χ3v) is 2.29. The van der Waals surface area contributed by atoms with Crippen LogP contribution in [0.2, 0.25) is 0 Å². The molecule has 74 valence electrons. The molecule has 12 heavy (non-hydrogen) atoms. The highest BCUT2D eigenvalue weighted by Crippen LogP contribution is 2.10. The Morgan fingerprint density at radius 1 is 1.00 bits per heavy atom. The van der Waals surface area contributed by atoms with Crippen LogP contribution >= 0.6 is 0 Å². The maximum absolute atomic E-state index is 3.44. The molecule has 0 aliphatic carbocycles.